The van der Waals surface area contributed by atoms with Gasteiger partial charge in [-0.3, -0.25) is 4.90 Å². The molecule has 6 heteroatoms. The van der Waals surface area contributed by atoms with Crippen LogP contribution in [0.15, 0.2) is 0 Å². The summed E-state index contributed by atoms with van der Waals surface area (Å²) in [6.07, 6.45) is 0.405. The molecule has 0 aliphatic carbocycles. The highest BCUT2D eigenvalue weighted by Gasteiger charge is 2.28. The van der Waals surface area contributed by atoms with Crippen molar-refractivity contribution in [3.05, 3.63) is 0 Å². The van der Waals surface area contributed by atoms with E-state index in [1.807, 2.05) is 6.92 Å². The van der Waals surface area contributed by atoms with Crippen molar-refractivity contribution in [1.82, 2.24) is 15.1 Å². The first-order valence-electron chi connectivity index (χ1n) is 6.67. The Labute approximate surface area is 108 Å². The SMILES string of the molecule is CCOC(=O)N1CC[N]C(CN2CCC(O)C2)C1. The van der Waals surface area contributed by atoms with Crippen LogP contribution in [-0.2, 0) is 4.74 Å². The number of hydrogen-bond donors (Lipinski definition) is 1. The van der Waals surface area contributed by atoms with Crippen LogP contribution >= 0.6 is 0 Å². The number of carbonyl (C=O) groups excluding carboxylic acids is 1. The molecule has 2 atom stereocenters. The number of hydrogen-bond acceptors (Lipinski definition) is 4. The van der Waals surface area contributed by atoms with Crippen LogP contribution in [0.25, 0.3) is 0 Å². The summed E-state index contributed by atoms with van der Waals surface area (Å²) in [5.41, 5.74) is 0. The topological polar surface area (TPSA) is 67.1 Å². The molecule has 1 N–H and O–H groups in total. The van der Waals surface area contributed by atoms with Crippen LogP contribution in [-0.4, -0.2) is 79.0 Å². The van der Waals surface area contributed by atoms with Gasteiger partial charge in [-0.1, -0.05) is 0 Å². The van der Waals surface area contributed by atoms with Gasteiger partial charge in [-0.25, -0.2) is 10.1 Å². The van der Waals surface area contributed by atoms with E-state index in [2.05, 4.69) is 10.2 Å². The molecule has 2 saturated heterocycles. The van der Waals surface area contributed by atoms with E-state index in [0.29, 0.717) is 26.2 Å². The maximum Gasteiger partial charge on any atom is 0.409 e. The summed E-state index contributed by atoms with van der Waals surface area (Å²) in [4.78, 5) is 15.6. The molecule has 0 saturated carbocycles. The van der Waals surface area contributed by atoms with Crippen molar-refractivity contribution < 1.29 is 14.6 Å². The number of amides is 1. The largest absolute Gasteiger partial charge is 0.450 e. The zero-order chi connectivity index (χ0) is 13.0. The molecule has 2 aliphatic rings. The van der Waals surface area contributed by atoms with E-state index in [4.69, 9.17) is 4.74 Å². The van der Waals surface area contributed by atoms with Crippen molar-refractivity contribution in [3.63, 3.8) is 0 Å². The first kappa shape index (κ1) is 13.6. The van der Waals surface area contributed by atoms with Crippen molar-refractivity contribution in [2.24, 2.45) is 0 Å². The van der Waals surface area contributed by atoms with Gasteiger partial charge in [0, 0.05) is 39.3 Å². The number of carbonyl (C=O) groups is 1. The molecule has 2 aliphatic heterocycles. The van der Waals surface area contributed by atoms with Crippen molar-refractivity contribution in [3.8, 4) is 0 Å². The highest BCUT2D eigenvalue weighted by atomic mass is 16.6. The van der Waals surface area contributed by atoms with Gasteiger partial charge in [0.25, 0.3) is 0 Å². The zero-order valence-corrected chi connectivity index (χ0v) is 10.9. The zero-order valence-electron chi connectivity index (χ0n) is 10.9. The molecule has 0 aromatic carbocycles. The van der Waals surface area contributed by atoms with Gasteiger partial charge in [-0.05, 0) is 13.3 Å². The third-order valence-corrected chi connectivity index (χ3v) is 3.43. The van der Waals surface area contributed by atoms with Gasteiger partial charge in [0.05, 0.1) is 18.8 Å². The fourth-order valence-corrected chi connectivity index (χ4v) is 2.54. The lowest BCUT2D eigenvalue weighted by Crippen LogP contribution is -2.53. The van der Waals surface area contributed by atoms with Crippen LogP contribution in [0.1, 0.15) is 13.3 Å². The number of aliphatic hydroxyl groups is 1. The Morgan fingerprint density at radius 3 is 2.94 bits per heavy atom. The lowest BCUT2D eigenvalue weighted by atomic mass is 10.2. The van der Waals surface area contributed by atoms with Gasteiger partial charge >= 0.3 is 6.09 Å². The maximum absolute atomic E-state index is 11.6. The summed E-state index contributed by atoms with van der Waals surface area (Å²) >= 11 is 0. The predicted molar refractivity (Wildman–Crippen MR) is 66.4 cm³/mol. The minimum absolute atomic E-state index is 0.147. The summed E-state index contributed by atoms with van der Waals surface area (Å²) in [7, 11) is 0. The van der Waals surface area contributed by atoms with E-state index >= 15 is 0 Å². The van der Waals surface area contributed by atoms with Crippen LogP contribution in [0.3, 0.4) is 0 Å². The van der Waals surface area contributed by atoms with Gasteiger partial charge in [0.1, 0.15) is 0 Å². The van der Waals surface area contributed by atoms with E-state index in [-0.39, 0.29) is 18.2 Å². The lowest BCUT2D eigenvalue weighted by Gasteiger charge is -2.33. The molecule has 103 valence electrons. The number of piperazine rings is 1. The van der Waals surface area contributed by atoms with Gasteiger partial charge in [0.15, 0.2) is 0 Å². The minimum atomic E-state index is -0.237. The molecule has 1 amide bonds. The second-order valence-corrected chi connectivity index (χ2v) is 4.91. The molecule has 0 bridgehead atoms. The molecule has 0 spiro atoms. The van der Waals surface area contributed by atoms with Crippen LogP contribution < -0.4 is 5.32 Å². The summed E-state index contributed by atoms with van der Waals surface area (Å²) < 4.78 is 5.01. The predicted octanol–water partition coefficient (Wildman–Crippen LogP) is -0.502. The van der Waals surface area contributed by atoms with Crippen molar-refractivity contribution in [2.45, 2.75) is 25.5 Å². The summed E-state index contributed by atoms with van der Waals surface area (Å²) in [6.45, 7) is 6.67. The molecule has 6 nitrogen and oxygen atoms in total. The van der Waals surface area contributed by atoms with E-state index in [9.17, 15) is 9.90 Å². The molecule has 0 aromatic heterocycles. The Balaban J connectivity index is 1.77. The number of β-amino-alcohol motifs (C(OH)–C–C–N with tert-alkyl or cyclic N) is 1. The quantitative estimate of drug-likeness (QED) is 0.739. The Morgan fingerprint density at radius 2 is 2.28 bits per heavy atom. The van der Waals surface area contributed by atoms with Crippen molar-refractivity contribution >= 4 is 6.09 Å². The fourth-order valence-electron chi connectivity index (χ4n) is 2.54. The van der Waals surface area contributed by atoms with E-state index < -0.39 is 0 Å². The first-order chi connectivity index (χ1) is 8.69. The number of likely N-dealkylation sites (tertiary alicyclic amines) is 1. The molecular weight excluding hydrogens is 234 g/mol. The number of nitrogens with zero attached hydrogens (tertiary/aromatic N) is 3. The second kappa shape index (κ2) is 6.36. The summed E-state index contributed by atoms with van der Waals surface area (Å²) in [6, 6.07) is 0.147. The van der Waals surface area contributed by atoms with E-state index in [1.54, 1.807) is 4.90 Å². The van der Waals surface area contributed by atoms with Crippen LogP contribution in [0.5, 0.6) is 0 Å². The number of aliphatic hydroxyl groups excluding tert-OH is 1. The van der Waals surface area contributed by atoms with Crippen LogP contribution in [0.2, 0.25) is 0 Å². The lowest BCUT2D eigenvalue weighted by molar-refractivity contribution is 0.0887. The van der Waals surface area contributed by atoms with Crippen LogP contribution in [0.4, 0.5) is 4.79 Å². The molecule has 2 unspecified atom stereocenters. The van der Waals surface area contributed by atoms with E-state index in [1.165, 1.54) is 0 Å². The van der Waals surface area contributed by atoms with Crippen molar-refractivity contribution in [2.75, 3.05) is 45.9 Å². The Bertz CT molecular complexity index is 288. The first-order valence-corrected chi connectivity index (χ1v) is 6.67. The Morgan fingerprint density at radius 1 is 1.44 bits per heavy atom. The standard InChI is InChI=1S/C12H22N3O3/c1-2-18-12(17)15-6-4-13-10(8-15)7-14-5-3-11(16)9-14/h10-11,16H,2-9H2,1H3. The van der Waals surface area contributed by atoms with Gasteiger partial charge < -0.3 is 14.7 Å². The highest BCUT2D eigenvalue weighted by Crippen LogP contribution is 2.11. The van der Waals surface area contributed by atoms with Crippen molar-refractivity contribution in [1.29, 1.82) is 0 Å². The molecule has 2 fully saturated rings. The van der Waals surface area contributed by atoms with Gasteiger partial charge in [-0.15, -0.1) is 0 Å². The number of ether oxygens (including phenoxy) is 1. The molecular formula is C12H22N3O3. The molecule has 2 rings (SSSR count). The highest BCUT2D eigenvalue weighted by molar-refractivity contribution is 5.67. The third-order valence-electron chi connectivity index (χ3n) is 3.43. The van der Waals surface area contributed by atoms with E-state index in [0.717, 1.165) is 26.1 Å². The molecule has 2 heterocycles. The monoisotopic (exact) mass is 256 g/mol. The number of rotatable bonds is 3. The Kier molecular flexibility index (Phi) is 4.79. The average molecular weight is 256 g/mol. The average Bonchev–Trinajstić information content (AvgIpc) is 2.75. The summed E-state index contributed by atoms with van der Waals surface area (Å²) in [5.74, 6) is 0. The summed E-state index contributed by atoms with van der Waals surface area (Å²) in [5, 5.41) is 14.0. The van der Waals surface area contributed by atoms with Gasteiger partial charge in [0.2, 0.25) is 0 Å². The molecule has 1 radical (unpaired) electrons. The maximum atomic E-state index is 11.6. The van der Waals surface area contributed by atoms with Gasteiger partial charge in [-0.2, -0.15) is 0 Å². The normalized spacial score (nSPS) is 29.6. The Hall–Kier alpha value is -0.850. The fraction of sp³-hybridized carbons (Fsp3) is 0.917. The van der Waals surface area contributed by atoms with Crippen LogP contribution in [0, 0.1) is 0 Å². The molecule has 0 aromatic rings. The third kappa shape index (κ3) is 3.57. The molecule has 18 heavy (non-hydrogen) atoms. The minimum Gasteiger partial charge on any atom is -0.450 e. The smallest absolute Gasteiger partial charge is 0.409 e. The second-order valence-electron chi connectivity index (χ2n) is 4.91.